The number of likely N-dealkylation sites (N-methyl/N-ethyl adjacent to an activating group) is 1. The largest absolute Gasteiger partial charge is 0.345 e. The van der Waals surface area contributed by atoms with Crippen molar-refractivity contribution in [1.82, 2.24) is 15.2 Å². The number of carbonyl (C=O) groups excluding carboxylic acids is 1. The van der Waals surface area contributed by atoms with Crippen LogP contribution in [0.1, 0.15) is 26.0 Å². The van der Waals surface area contributed by atoms with Crippen LogP contribution in [-0.2, 0) is 11.2 Å². The Balaban J connectivity index is 2.23. The molecule has 1 aromatic heterocycles. The van der Waals surface area contributed by atoms with E-state index in [1.165, 1.54) is 0 Å². The van der Waals surface area contributed by atoms with E-state index in [2.05, 4.69) is 24.1 Å². The SMILES string of the molecule is CC(C)NCCC(=O)N(C)CCc1ccccn1. The fraction of sp³-hybridized carbons (Fsp3) is 0.571. The predicted molar refractivity (Wildman–Crippen MR) is 73.3 cm³/mol. The summed E-state index contributed by atoms with van der Waals surface area (Å²) < 4.78 is 0. The van der Waals surface area contributed by atoms with Crippen LogP contribution in [0.15, 0.2) is 24.4 Å². The van der Waals surface area contributed by atoms with Crippen LogP contribution in [0.25, 0.3) is 0 Å². The van der Waals surface area contributed by atoms with Gasteiger partial charge < -0.3 is 10.2 Å². The molecule has 4 nitrogen and oxygen atoms in total. The predicted octanol–water partition coefficient (Wildman–Crippen LogP) is 1.47. The maximum atomic E-state index is 11.8. The Kier molecular flexibility index (Phi) is 6.36. The summed E-state index contributed by atoms with van der Waals surface area (Å²) in [7, 11) is 1.85. The summed E-state index contributed by atoms with van der Waals surface area (Å²) in [5.74, 6) is 0.180. The van der Waals surface area contributed by atoms with Gasteiger partial charge in [0.05, 0.1) is 0 Å². The van der Waals surface area contributed by atoms with Gasteiger partial charge in [-0.25, -0.2) is 0 Å². The number of rotatable bonds is 7. The summed E-state index contributed by atoms with van der Waals surface area (Å²) in [5, 5.41) is 3.25. The minimum Gasteiger partial charge on any atom is -0.345 e. The standard InChI is InChI=1S/C14H23N3O/c1-12(2)15-10-7-14(18)17(3)11-8-13-6-4-5-9-16-13/h4-6,9,12,15H,7-8,10-11H2,1-3H3. The maximum absolute atomic E-state index is 11.8. The van der Waals surface area contributed by atoms with Crippen molar-refractivity contribution in [2.75, 3.05) is 20.1 Å². The summed E-state index contributed by atoms with van der Waals surface area (Å²) in [6.45, 7) is 5.62. The second-order valence-electron chi connectivity index (χ2n) is 4.75. The minimum absolute atomic E-state index is 0.180. The Morgan fingerprint density at radius 1 is 1.44 bits per heavy atom. The summed E-state index contributed by atoms with van der Waals surface area (Å²) in [5.41, 5.74) is 1.03. The van der Waals surface area contributed by atoms with Crippen LogP contribution in [0.2, 0.25) is 0 Å². The highest BCUT2D eigenvalue weighted by atomic mass is 16.2. The van der Waals surface area contributed by atoms with Gasteiger partial charge in [-0.05, 0) is 12.1 Å². The molecule has 1 aromatic rings. The zero-order chi connectivity index (χ0) is 13.4. The molecule has 100 valence electrons. The highest BCUT2D eigenvalue weighted by Crippen LogP contribution is 1.98. The van der Waals surface area contributed by atoms with Crippen molar-refractivity contribution in [3.63, 3.8) is 0 Å². The van der Waals surface area contributed by atoms with Gasteiger partial charge in [-0.15, -0.1) is 0 Å². The number of nitrogens with one attached hydrogen (secondary N) is 1. The average molecular weight is 249 g/mol. The topological polar surface area (TPSA) is 45.2 Å². The molecule has 0 aromatic carbocycles. The first-order valence-electron chi connectivity index (χ1n) is 6.47. The number of aromatic nitrogens is 1. The number of pyridine rings is 1. The van der Waals surface area contributed by atoms with Crippen LogP contribution >= 0.6 is 0 Å². The zero-order valence-electron chi connectivity index (χ0n) is 11.5. The Bertz CT molecular complexity index is 351. The lowest BCUT2D eigenvalue weighted by Crippen LogP contribution is -2.33. The van der Waals surface area contributed by atoms with E-state index in [-0.39, 0.29) is 5.91 Å². The summed E-state index contributed by atoms with van der Waals surface area (Å²) >= 11 is 0. The first-order chi connectivity index (χ1) is 8.59. The van der Waals surface area contributed by atoms with Gasteiger partial charge in [0, 0.05) is 50.9 Å². The Morgan fingerprint density at radius 3 is 2.83 bits per heavy atom. The van der Waals surface area contributed by atoms with E-state index in [0.717, 1.165) is 25.2 Å². The van der Waals surface area contributed by atoms with Crippen molar-refractivity contribution in [3.8, 4) is 0 Å². The Labute approximate surface area is 109 Å². The van der Waals surface area contributed by atoms with Crippen molar-refractivity contribution in [2.24, 2.45) is 0 Å². The number of hydrogen-bond donors (Lipinski definition) is 1. The monoisotopic (exact) mass is 249 g/mol. The smallest absolute Gasteiger partial charge is 0.223 e. The van der Waals surface area contributed by atoms with Gasteiger partial charge in [0.2, 0.25) is 5.91 Å². The second-order valence-corrected chi connectivity index (χ2v) is 4.75. The van der Waals surface area contributed by atoms with Gasteiger partial charge in [0.25, 0.3) is 0 Å². The zero-order valence-corrected chi connectivity index (χ0v) is 11.5. The van der Waals surface area contributed by atoms with Gasteiger partial charge >= 0.3 is 0 Å². The van der Waals surface area contributed by atoms with Crippen LogP contribution < -0.4 is 5.32 Å². The first-order valence-corrected chi connectivity index (χ1v) is 6.47. The van der Waals surface area contributed by atoms with Gasteiger partial charge in [0.1, 0.15) is 0 Å². The molecule has 0 spiro atoms. The third kappa shape index (κ3) is 5.77. The Hall–Kier alpha value is -1.42. The third-order valence-electron chi connectivity index (χ3n) is 2.75. The van der Waals surface area contributed by atoms with Crippen molar-refractivity contribution >= 4 is 5.91 Å². The molecule has 0 aliphatic rings. The lowest BCUT2D eigenvalue weighted by atomic mass is 10.2. The minimum atomic E-state index is 0.180. The summed E-state index contributed by atoms with van der Waals surface area (Å²) in [6.07, 6.45) is 3.14. The van der Waals surface area contributed by atoms with E-state index < -0.39 is 0 Å². The van der Waals surface area contributed by atoms with Crippen LogP contribution in [0, 0.1) is 0 Å². The summed E-state index contributed by atoms with van der Waals surface area (Å²) in [4.78, 5) is 17.8. The van der Waals surface area contributed by atoms with Crippen LogP contribution in [0.5, 0.6) is 0 Å². The fourth-order valence-electron chi connectivity index (χ4n) is 1.61. The molecule has 1 rings (SSSR count). The summed E-state index contributed by atoms with van der Waals surface area (Å²) in [6, 6.07) is 6.28. The highest BCUT2D eigenvalue weighted by Gasteiger charge is 2.08. The Morgan fingerprint density at radius 2 is 2.22 bits per heavy atom. The molecular weight excluding hydrogens is 226 g/mol. The first kappa shape index (κ1) is 14.6. The quantitative estimate of drug-likeness (QED) is 0.796. The van der Waals surface area contributed by atoms with E-state index in [1.807, 2.05) is 25.2 Å². The lowest BCUT2D eigenvalue weighted by Gasteiger charge is -2.17. The normalized spacial score (nSPS) is 10.7. The van der Waals surface area contributed by atoms with Crippen molar-refractivity contribution < 1.29 is 4.79 Å². The fourth-order valence-corrected chi connectivity index (χ4v) is 1.61. The van der Waals surface area contributed by atoms with E-state index in [1.54, 1.807) is 11.1 Å². The number of nitrogens with zero attached hydrogens (tertiary/aromatic N) is 2. The molecule has 0 aliphatic carbocycles. The lowest BCUT2D eigenvalue weighted by molar-refractivity contribution is -0.129. The van der Waals surface area contributed by atoms with Gasteiger partial charge in [-0.1, -0.05) is 19.9 Å². The molecule has 0 bridgehead atoms. The van der Waals surface area contributed by atoms with Gasteiger partial charge in [0.15, 0.2) is 0 Å². The van der Waals surface area contributed by atoms with Crippen molar-refractivity contribution in [3.05, 3.63) is 30.1 Å². The highest BCUT2D eigenvalue weighted by molar-refractivity contribution is 5.76. The molecule has 1 heterocycles. The third-order valence-corrected chi connectivity index (χ3v) is 2.75. The molecule has 0 aliphatic heterocycles. The molecule has 0 unspecified atom stereocenters. The molecule has 0 fully saturated rings. The molecule has 1 N–H and O–H groups in total. The van der Waals surface area contributed by atoms with E-state index in [4.69, 9.17) is 0 Å². The molecule has 0 atom stereocenters. The van der Waals surface area contributed by atoms with Gasteiger partial charge in [-0.2, -0.15) is 0 Å². The molecule has 1 amide bonds. The molecule has 4 heteroatoms. The molecule has 18 heavy (non-hydrogen) atoms. The van der Waals surface area contributed by atoms with Crippen molar-refractivity contribution in [2.45, 2.75) is 32.7 Å². The van der Waals surface area contributed by atoms with E-state index >= 15 is 0 Å². The molecule has 0 radical (unpaired) electrons. The van der Waals surface area contributed by atoms with Crippen molar-refractivity contribution in [1.29, 1.82) is 0 Å². The van der Waals surface area contributed by atoms with Crippen LogP contribution in [-0.4, -0.2) is 42.0 Å². The molecular formula is C14H23N3O. The maximum Gasteiger partial charge on any atom is 0.223 e. The molecule has 0 saturated heterocycles. The average Bonchev–Trinajstić information content (AvgIpc) is 2.36. The second kappa shape index (κ2) is 7.82. The molecule has 0 saturated carbocycles. The van der Waals surface area contributed by atoms with Crippen LogP contribution in [0.3, 0.4) is 0 Å². The van der Waals surface area contributed by atoms with Gasteiger partial charge in [-0.3, -0.25) is 9.78 Å². The van der Waals surface area contributed by atoms with Crippen LogP contribution in [0.4, 0.5) is 0 Å². The number of amides is 1. The van der Waals surface area contributed by atoms with E-state index in [0.29, 0.717) is 12.5 Å². The number of hydrogen-bond acceptors (Lipinski definition) is 3. The number of carbonyl (C=O) groups is 1. The van der Waals surface area contributed by atoms with E-state index in [9.17, 15) is 4.79 Å².